The highest BCUT2D eigenvalue weighted by Gasteiger charge is 2.43. The number of rotatable bonds is 7. The van der Waals surface area contributed by atoms with Crippen LogP contribution < -0.4 is 5.73 Å². The third kappa shape index (κ3) is 3.59. The standard InChI is InChI=1S/C15H27ClN4O/c1-4-21-15(7-5-6-8-15)14(17)13-12(16)11-18-20(13)10-9-19(2)3/h11,14H,4-10,17H2,1-3H3. The van der Waals surface area contributed by atoms with Gasteiger partial charge in [-0.3, -0.25) is 4.68 Å². The van der Waals surface area contributed by atoms with Gasteiger partial charge in [0.1, 0.15) is 0 Å². The highest BCUT2D eigenvalue weighted by atomic mass is 35.5. The van der Waals surface area contributed by atoms with Crippen molar-refractivity contribution < 1.29 is 4.74 Å². The van der Waals surface area contributed by atoms with Gasteiger partial charge in [0.2, 0.25) is 0 Å². The molecule has 6 heteroatoms. The Labute approximate surface area is 132 Å². The van der Waals surface area contributed by atoms with E-state index in [1.54, 1.807) is 6.20 Å². The molecule has 1 aromatic heterocycles. The zero-order valence-electron chi connectivity index (χ0n) is 13.3. The number of hydrogen-bond donors (Lipinski definition) is 1. The third-order valence-corrected chi connectivity index (χ3v) is 4.63. The summed E-state index contributed by atoms with van der Waals surface area (Å²) in [6.07, 6.45) is 6.02. The molecule has 2 rings (SSSR count). The average Bonchev–Trinajstić information content (AvgIpc) is 3.04. The van der Waals surface area contributed by atoms with Crippen LogP contribution in [0.4, 0.5) is 0 Å². The Morgan fingerprint density at radius 2 is 2.14 bits per heavy atom. The lowest BCUT2D eigenvalue weighted by Crippen LogP contribution is -2.43. The number of likely N-dealkylation sites (N-methyl/N-ethyl adjacent to an activating group) is 1. The van der Waals surface area contributed by atoms with Gasteiger partial charge < -0.3 is 15.4 Å². The molecule has 1 aliphatic rings. The van der Waals surface area contributed by atoms with E-state index in [2.05, 4.69) is 10.00 Å². The van der Waals surface area contributed by atoms with Gasteiger partial charge in [0.15, 0.2) is 0 Å². The van der Waals surface area contributed by atoms with Gasteiger partial charge in [-0.1, -0.05) is 24.4 Å². The number of hydrogen-bond acceptors (Lipinski definition) is 4. The van der Waals surface area contributed by atoms with Crippen molar-refractivity contribution in [3.63, 3.8) is 0 Å². The van der Waals surface area contributed by atoms with Crippen LogP contribution in [-0.2, 0) is 11.3 Å². The summed E-state index contributed by atoms with van der Waals surface area (Å²) in [6.45, 7) is 4.39. The zero-order chi connectivity index (χ0) is 15.5. The van der Waals surface area contributed by atoms with Gasteiger partial charge in [0, 0.05) is 13.2 Å². The van der Waals surface area contributed by atoms with Crippen molar-refractivity contribution in [1.82, 2.24) is 14.7 Å². The lowest BCUT2D eigenvalue weighted by atomic mass is 9.90. The summed E-state index contributed by atoms with van der Waals surface area (Å²) in [5, 5.41) is 5.04. The molecule has 1 unspecified atom stereocenters. The minimum absolute atomic E-state index is 0.225. The lowest BCUT2D eigenvalue weighted by Gasteiger charge is -2.35. The van der Waals surface area contributed by atoms with E-state index in [0.717, 1.165) is 44.5 Å². The molecule has 0 saturated heterocycles. The molecule has 0 radical (unpaired) electrons. The van der Waals surface area contributed by atoms with Crippen LogP contribution in [0, 0.1) is 0 Å². The Balaban J connectivity index is 2.24. The predicted octanol–water partition coefficient (Wildman–Crippen LogP) is 2.45. The second-order valence-corrected chi connectivity index (χ2v) is 6.49. The molecule has 1 atom stereocenters. The largest absolute Gasteiger partial charge is 0.373 e. The van der Waals surface area contributed by atoms with Crippen LogP contribution in [0.3, 0.4) is 0 Å². The van der Waals surface area contributed by atoms with Crippen molar-refractivity contribution in [2.24, 2.45) is 5.73 Å². The van der Waals surface area contributed by atoms with Crippen molar-refractivity contribution in [3.8, 4) is 0 Å². The van der Waals surface area contributed by atoms with Crippen LogP contribution in [0.1, 0.15) is 44.3 Å². The summed E-state index contributed by atoms with van der Waals surface area (Å²) in [5.41, 5.74) is 7.22. The minimum atomic E-state index is -0.283. The van der Waals surface area contributed by atoms with Gasteiger partial charge in [-0.2, -0.15) is 5.10 Å². The second kappa shape index (κ2) is 7.09. The van der Waals surface area contributed by atoms with E-state index in [-0.39, 0.29) is 11.6 Å². The summed E-state index contributed by atoms with van der Waals surface area (Å²) in [7, 11) is 4.09. The van der Waals surface area contributed by atoms with Gasteiger partial charge in [0.05, 0.1) is 35.1 Å². The van der Waals surface area contributed by atoms with Crippen LogP contribution in [-0.4, -0.2) is 47.5 Å². The van der Waals surface area contributed by atoms with Crippen LogP contribution >= 0.6 is 11.6 Å². The van der Waals surface area contributed by atoms with Gasteiger partial charge in [-0.05, 0) is 33.9 Å². The van der Waals surface area contributed by atoms with Gasteiger partial charge in [0.25, 0.3) is 0 Å². The van der Waals surface area contributed by atoms with Crippen LogP contribution in [0.2, 0.25) is 5.02 Å². The molecule has 0 aliphatic heterocycles. The molecule has 1 heterocycles. The molecule has 5 nitrogen and oxygen atoms in total. The van der Waals surface area contributed by atoms with E-state index >= 15 is 0 Å². The normalized spacial score (nSPS) is 19.3. The molecule has 1 saturated carbocycles. The maximum Gasteiger partial charge on any atom is 0.0889 e. The number of nitrogens with zero attached hydrogens (tertiary/aromatic N) is 3. The molecule has 0 bridgehead atoms. The number of nitrogens with two attached hydrogens (primary N) is 1. The molecule has 0 aromatic carbocycles. The first-order valence-electron chi connectivity index (χ1n) is 7.75. The van der Waals surface area contributed by atoms with Gasteiger partial charge in [-0.15, -0.1) is 0 Å². The Morgan fingerprint density at radius 3 is 2.71 bits per heavy atom. The van der Waals surface area contributed by atoms with Crippen LogP contribution in [0.5, 0.6) is 0 Å². The fraction of sp³-hybridized carbons (Fsp3) is 0.800. The van der Waals surface area contributed by atoms with E-state index in [0.29, 0.717) is 11.6 Å². The first-order valence-corrected chi connectivity index (χ1v) is 8.13. The first-order chi connectivity index (χ1) is 10.00. The predicted molar refractivity (Wildman–Crippen MR) is 85.5 cm³/mol. The summed E-state index contributed by atoms with van der Waals surface area (Å²) >= 11 is 6.36. The van der Waals surface area contributed by atoms with Crippen molar-refractivity contribution in [3.05, 3.63) is 16.9 Å². The summed E-state index contributed by atoms with van der Waals surface area (Å²) in [6, 6.07) is -0.225. The minimum Gasteiger partial charge on any atom is -0.373 e. The average molecular weight is 315 g/mol. The fourth-order valence-electron chi connectivity index (χ4n) is 3.21. The Bertz CT molecular complexity index is 455. The maximum absolute atomic E-state index is 6.59. The third-order valence-electron chi connectivity index (χ3n) is 4.34. The molecule has 0 spiro atoms. The molecular weight excluding hydrogens is 288 g/mol. The lowest BCUT2D eigenvalue weighted by molar-refractivity contribution is -0.0553. The summed E-state index contributed by atoms with van der Waals surface area (Å²) in [4.78, 5) is 2.12. The van der Waals surface area contributed by atoms with Crippen LogP contribution in [0.25, 0.3) is 0 Å². The van der Waals surface area contributed by atoms with Crippen LogP contribution in [0.15, 0.2) is 6.20 Å². The van der Waals surface area contributed by atoms with Crippen molar-refractivity contribution in [1.29, 1.82) is 0 Å². The Kier molecular flexibility index (Phi) is 5.66. The fourth-order valence-corrected chi connectivity index (χ4v) is 3.47. The van der Waals surface area contributed by atoms with E-state index in [1.165, 1.54) is 0 Å². The molecule has 1 aromatic rings. The second-order valence-electron chi connectivity index (χ2n) is 6.09. The van der Waals surface area contributed by atoms with E-state index < -0.39 is 0 Å². The monoisotopic (exact) mass is 314 g/mol. The first kappa shape index (κ1) is 16.7. The van der Waals surface area contributed by atoms with Crippen molar-refractivity contribution >= 4 is 11.6 Å². The maximum atomic E-state index is 6.59. The summed E-state index contributed by atoms with van der Waals surface area (Å²) in [5.74, 6) is 0. The molecule has 1 aliphatic carbocycles. The highest BCUT2D eigenvalue weighted by molar-refractivity contribution is 6.31. The number of aromatic nitrogens is 2. The zero-order valence-corrected chi connectivity index (χ0v) is 14.1. The quantitative estimate of drug-likeness (QED) is 0.840. The SMILES string of the molecule is CCOC1(C(N)c2c(Cl)cnn2CCN(C)C)CCCC1. The topological polar surface area (TPSA) is 56.3 Å². The van der Waals surface area contributed by atoms with E-state index in [4.69, 9.17) is 22.1 Å². The Morgan fingerprint density at radius 1 is 1.48 bits per heavy atom. The van der Waals surface area contributed by atoms with Gasteiger partial charge in [-0.25, -0.2) is 0 Å². The Hall–Kier alpha value is -0.620. The van der Waals surface area contributed by atoms with E-state index in [1.807, 2.05) is 25.7 Å². The summed E-state index contributed by atoms with van der Waals surface area (Å²) < 4.78 is 8.01. The molecule has 0 amide bonds. The molecule has 21 heavy (non-hydrogen) atoms. The molecule has 2 N–H and O–H groups in total. The van der Waals surface area contributed by atoms with Crippen molar-refractivity contribution in [2.75, 3.05) is 27.2 Å². The number of halogens is 1. The smallest absolute Gasteiger partial charge is 0.0889 e. The molecule has 1 fully saturated rings. The number of ether oxygens (including phenoxy) is 1. The van der Waals surface area contributed by atoms with E-state index in [9.17, 15) is 0 Å². The molecule has 120 valence electrons. The highest BCUT2D eigenvalue weighted by Crippen LogP contribution is 2.43. The van der Waals surface area contributed by atoms with Gasteiger partial charge >= 0.3 is 0 Å². The molecular formula is C15H27ClN4O. The van der Waals surface area contributed by atoms with Crippen molar-refractivity contribution in [2.45, 2.75) is 50.8 Å².